The second kappa shape index (κ2) is 10.9. The standard InChI is InChI=1S/C16H25N5O6/c1-9(15(24)25)13(22)20-11(4-2-3-5-17)14(23)21-12(16(26)27)6-10-7-18-8-19-10/h7-9,11-12H,2-6,17H2,1H3,(H,18,19)(H,20,22)(H,21,23)(H,24,25)(H,26,27)/t9?,11-,12-/m1/s1. The summed E-state index contributed by atoms with van der Waals surface area (Å²) in [5.41, 5.74) is 5.87. The molecule has 1 rings (SSSR count). The highest BCUT2D eigenvalue weighted by Crippen LogP contribution is 2.06. The Morgan fingerprint density at radius 1 is 1.11 bits per heavy atom. The number of nitrogens with two attached hydrogens (primary N) is 1. The summed E-state index contributed by atoms with van der Waals surface area (Å²) in [5, 5.41) is 23.0. The molecule has 0 aliphatic carbocycles. The molecule has 11 nitrogen and oxygen atoms in total. The molecule has 0 spiro atoms. The first-order valence-electron chi connectivity index (χ1n) is 8.50. The largest absolute Gasteiger partial charge is 0.481 e. The molecule has 27 heavy (non-hydrogen) atoms. The molecule has 2 amide bonds. The van der Waals surface area contributed by atoms with Gasteiger partial charge in [0, 0.05) is 12.6 Å². The van der Waals surface area contributed by atoms with Crippen molar-refractivity contribution in [2.75, 3.05) is 6.54 Å². The Bertz CT molecular complexity index is 648. The number of aliphatic carboxylic acids is 2. The molecule has 0 saturated carbocycles. The molecule has 1 aromatic heterocycles. The second-order valence-electron chi connectivity index (χ2n) is 6.07. The van der Waals surface area contributed by atoms with E-state index in [4.69, 9.17) is 10.8 Å². The quantitative estimate of drug-likeness (QED) is 0.193. The summed E-state index contributed by atoms with van der Waals surface area (Å²) in [5.74, 6) is -5.45. The Morgan fingerprint density at radius 3 is 2.30 bits per heavy atom. The van der Waals surface area contributed by atoms with E-state index in [9.17, 15) is 24.3 Å². The normalized spacial score (nSPS) is 14.0. The van der Waals surface area contributed by atoms with Gasteiger partial charge in [-0.25, -0.2) is 9.78 Å². The highest BCUT2D eigenvalue weighted by atomic mass is 16.4. The Balaban J connectivity index is 2.81. The predicted molar refractivity (Wildman–Crippen MR) is 93.5 cm³/mol. The number of hydrogen-bond acceptors (Lipinski definition) is 6. The third-order valence-electron chi connectivity index (χ3n) is 3.93. The number of carbonyl (C=O) groups is 4. The number of hydrogen-bond donors (Lipinski definition) is 6. The number of nitrogens with one attached hydrogen (secondary N) is 3. The van der Waals surface area contributed by atoms with E-state index < -0.39 is 41.8 Å². The summed E-state index contributed by atoms with van der Waals surface area (Å²) in [6.07, 6.45) is 4.17. The lowest BCUT2D eigenvalue weighted by Crippen LogP contribution is -2.53. The maximum Gasteiger partial charge on any atom is 0.326 e. The van der Waals surface area contributed by atoms with Crippen molar-refractivity contribution in [2.24, 2.45) is 11.7 Å². The number of amides is 2. The number of aromatic amines is 1. The third-order valence-corrected chi connectivity index (χ3v) is 3.93. The van der Waals surface area contributed by atoms with Gasteiger partial charge in [0.1, 0.15) is 18.0 Å². The van der Waals surface area contributed by atoms with Gasteiger partial charge in [-0.3, -0.25) is 14.4 Å². The number of rotatable bonds is 12. The molecule has 11 heteroatoms. The number of H-pyrrole nitrogens is 1. The number of unbranched alkanes of at least 4 members (excludes halogenated alkanes) is 1. The fraction of sp³-hybridized carbons (Fsp3) is 0.562. The number of aromatic nitrogens is 2. The minimum Gasteiger partial charge on any atom is -0.481 e. The van der Waals surface area contributed by atoms with E-state index in [1.165, 1.54) is 19.4 Å². The number of carboxylic acid groups (broad SMARTS) is 2. The van der Waals surface area contributed by atoms with Crippen molar-refractivity contribution < 1.29 is 29.4 Å². The summed E-state index contributed by atoms with van der Waals surface area (Å²) in [7, 11) is 0. The minimum absolute atomic E-state index is 0.0421. The van der Waals surface area contributed by atoms with Gasteiger partial charge in [0.2, 0.25) is 11.8 Å². The molecule has 1 aromatic rings. The van der Waals surface area contributed by atoms with Crippen molar-refractivity contribution in [1.29, 1.82) is 0 Å². The topological polar surface area (TPSA) is 187 Å². The molecular weight excluding hydrogens is 358 g/mol. The second-order valence-corrected chi connectivity index (χ2v) is 6.07. The number of nitrogens with zero attached hydrogens (tertiary/aromatic N) is 1. The molecule has 3 atom stereocenters. The zero-order chi connectivity index (χ0) is 20.4. The molecule has 0 radical (unpaired) electrons. The summed E-state index contributed by atoms with van der Waals surface area (Å²) < 4.78 is 0. The maximum atomic E-state index is 12.5. The maximum absolute atomic E-state index is 12.5. The highest BCUT2D eigenvalue weighted by molar-refractivity contribution is 5.99. The number of imidazole rings is 1. The van der Waals surface area contributed by atoms with Crippen LogP contribution in [0, 0.1) is 5.92 Å². The van der Waals surface area contributed by atoms with Gasteiger partial charge in [-0.15, -0.1) is 0 Å². The first-order chi connectivity index (χ1) is 12.8. The zero-order valence-corrected chi connectivity index (χ0v) is 15.0. The smallest absolute Gasteiger partial charge is 0.326 e. The summed E-state index contributed by atoms with van der Waals surface area (Å²) in [6, 6.07) is -2.31. The molecule has 0 aromatic carbocycles. The van der Waals surface area contributed by atoms with E-state index in [1.54, 1.807) is 0 Å². The van der Waals surface area contributed by atoms with Crippen LogP contribution in [0.4, 0.5) is 0 Å². The molecule has 7 N–H and O–H groups in total. The van der Waals surface area contributed by atoms with Gasteiger partial charge in [-0.2, -0.15) is 0 Å². The molecule has 0 aliphatic rings. The van der Waals surface area contributed by atoms with Gasteiger partial charge in [0.05, 0.1) is 12.0 Å². The summed E-state index contributed by atoms with van der Waals surface area (Å²) >= 11 is 0. The van der Waals surface area contributed by atoms with Crippen LogP contribution in [0.15, 0.2) is 12.5 Å². The van der Waals surface area contributed by atoms with Crippen molar-refractivity contribution in [3.63, 3.8) is 0 Å². The fourth-order valence-electron chi connectivity index (χ4n) is 2.25. The van der Waals surface area contributed by atoms with Gasteiger partial charge in [-0.05, 0) is 32.7 Å². The summed E-state index contributed by atoms with van der Waals surface area (Å²) in [6.45, 7) is 1.59. The van der Waals surface area contributed by atoms with Crippen LogP contribution in [0.3, 0.4) is 0 Å². The molecule has 0 saturated heterocycles. The molecule has 1 heterocycles. The SMILES string of the molecule is CC(C(=O)O)C(=O)N[C@H](CCCCN)C(=O)N[C@H](Cc1c[nH]cn1)C(=O)O. The Labute approximate surface area is 155 Å². The Hall–Kier alpha value is -2.95. The molecular formula is C16H25N5O6. The van der Waals surface area contributed by atoms with E-state index in [-0.39, 0.29) is 12.8 Å². The van der Waals surface area contributed by atoms with Gasteiger partial charge in [-0.1, -0.05) is 0 Å². The number of carbonyl (C=O) groups excluding carboxylic acids is 2. The molecule has 0 fully saturated rings. The van der Waals surface area contributed by atoms with Crippen molar-refractivity contribution in [3.8, 4) is 0 Å². The Kier molecular flexibility index (Phi) is 8.93. The monoisotopic (exact) mass is 383 g/mol. The van der Waals surface area contributed by atoms with Gasteiger partial charge >= 0.3 is 11.9 Å². The number of carboxylic acids is 2. The van der Waals surface area contributed by atoms with Gasteiger partial charge in [0.15, 0.2) is 0 Å². The van der Waals surface area contributed by atoms with Gasteiger partial charge < -0.3 is 31.6 Å². The fourth-order valence-corrected chi connectivity index (χ4v) is 2.25. The molecule has 150 valence electrons. The first-order valence-corrected chi connectivity index (χ1v) is 8.50. The lowest BCUT2D eigenvalue weighted by molar-refractivity contribution is -0.147. The third kappa shape index (κ3) is 7.44. The van der Waals surface area contributed by atoms with Crippen LogP contribution in [0.1, 0.15) is 31.9 Å². The van der Waals surface area contributed by atoms with E-state index in [0.29, 0.717) is 25.1 Å². The van der Waals surface area contributed by atoms with E-state index in [1.807, 2.05) is 0 Å². The average molecular weight is 383 g/mol. The Morgan fingerprint density at radius 2 is 1.78 bits per heavy atom. The zero-order valence-electron chi connectivity index (χ0n) is 15.0. The van der Waals surface area contributed by atoms with Crippen LogP contribution in [-0.4, -0.2) is 62.6 Å². The molecule has 1 unspecified atom stereocenters. The minimum atomic E-state index is -1.34. The predicted octanol–water partition coefficient (Wildman–Crippen LogP) is -1.14. The van der Waals surface area contributed by atoms with E-state index >= 15 is 0 Å². The van der Waals surface area contributed by atoms with Crippen LogP contribution in [-0.2, 0) is 25.6 Å². The van der Waals surface area contributed by atoms with Crippen molar-refractivity contribution in [3.05, 3.63) is 18.2 Å². The van der Waals surface area contributed by atoms with Crippen LogP contribution in [0.2, 0.25) is 0 Å². The van der Waals surface area contributed by atoms with Crippen molar-refractivity contribution >= 4 is 23.8 Å². The summed E-state index contributed by atoms with van der Waals surface area (Å²) in [4.78, 5) is 53.5. The lowest BCUT2D eigenvalue weighted by atomic mass is 10.1. The average Bonchev–Trinajstić information content (AvgIpc) is 3.12. The van der Waals surface area contributed by atoms with Crippen molar-refractivity contribution in [1.82, 2.24) is 20.6 Å². The van der Waals surface area contributed by atoms with E-state index in [0.717, 1.165) is 0 Å². The van der Waals surface area contributed by atoms with Crippen LogP contribution >= 0.6 is 0 Å². The lowest BCUT2D eigenvalue weighted by Gasteiger charge is -2.22. The van der Waals surface area contributed by atoms with Crippen LogP contribution in [0.25, 0.3) is 0 Å². The molecule has 0 aliphatic heterocycles. The van der Waals surface area contributed by atoms with Crippen LogP contribution < -0.4 is 16.4 Å². The van der Waals surface area contributed by atoms with Gasteiger partial charge in [0.25, 0.3) is 0 Å². The van der Waals surface area contributed by atoms with Crippen LogP contribution in [0.5, 0.6) is 0 Å². The first kappa shape index (κ1) is 22.1. The highest BCUT2D eigenvalue weighted by Gasteiger charge is 2.29. The molecule has 0 bridgehead atoms. The van der Waals surface area contributed by atoms with E-state index in [2.05, 4.69) is 20.6 Å². The van der Waals surface area contributed by atoms with Crippen molar-refractivity contribution in [2.45, 2.75) is 44.7 Å².